The summed E-state index contributed by atoms with van der Waals surface area (Å²) in [7, 11) is 1.64. The van der Waals surface area contributed by atoms with Gasteiger partial charge >= 0.3 is 0 Å². The van der Waals surface area contributed by atoms with Crippen LogP contribution >= 0.6 is 11.8 Å². The van der Waals surface area contributed by atoms with Crippen molar-refractivity contribution in [3.63, 3.8) is 0 Å². The van der Waals surface area contributed by atoms with Crippen molar-refractivity contribution in [3.05, 3.63) is 29.8 Å². The van der Waals surface area contributed by atoms with Gasteiger partial charge in [0.15, 0.2) is 0 Å². The molecule has 1 unspecified atom stereocenters. The average molecular weight is 375 g/mol. The minimum absolute atomic E-state index is 0.0564. The van der Waals surface area contributed by atoms with Gasteiger partial charge in [0.2, 0.25) is 11.1 Å². The molecule has 2 aromatic rings. The lowest BCUT2D eigenvalue weighted by Crippen LogP contribution is -2.40. The first kappa shape index (κ1) is 18.7. The molecule has 26 heavy (non-hydrogen) atoms. The van der Waals surface area contributed by atoms with Crippen LogP contribution in [0, 0.1) is 0 Å². The van der Waals surface area contributed by atoms with Crippen molar-refractivity contribution in [3.8, 4) is 5.75 Å². The maximum atomic E-state index is 12.5. The van der Waals surface area contributed by atoms with Crippen molar-refractivity contribution in [1.82, 2.24) is 25.5 Å². The molecule has 1 heterocycles. The fourth-order valence-corrected chi connectivity index (χ4v) is 3.86. The van der Waals surface area contributed by atoms with Gasteiger partial charge in [-0.1, -0.05) is 43.2 Å². The van der Waals surface area contributed by atoms with Crippen LogP contribution in [0.2, 0.25) is 0 Å². The number of amides is 1. The first-order valence-electron chi connectivity index (χ1n) is 9.02. The summed E-state index contributed by atoms with van der Waals surface area (Å²) in [5.74, 6) is 0.869. The van der Waals surface area contributed by atoms with Crippen LogP contribution in [-0.2, 0) is 11.3 Å². The summed E-state index contributed by atoms with van der Waals surface area (Å²) in [4.78, 5) is 12.5. The van der Waals surface area contributed by atoms with Crippen molar-refractivity contribution in [2.24, 2.45) is 0 Å². The van der Waals surface area contributed by atoms with Crippen LogP contribution in [-0.4, -0.2) is 44.5 Å². The highest BCUT2D eigenvalue weighted by Crippen LogP contribution is 2.23. The van der Waals surface area contributed by atoms with Gasteiger partial charge in [0, 0.05) is 6.04 Å². The zero-order valence-electron chi connectivity index (χ0n) is 15.2. The molecule has 0 aliphatic heterocycles. The standard InChI is InChI=1S/C18H25N5O2S/c1-13(17(24)19-15-6-4-3-5-7-15)26-18-20-21-22-23(18)12-14-8-10-16(25-2)11-9-14/h8-11,13,15H,3-7,12H2,1-2H3,(H,19,24). The number of aromatic nitrogens is 4. The van der Waals surface area contributed by atoms with E-state index in [2.05, 4.69) is 20.8 Å². The number of nitrogens with one attached hydrogen (secondary N) is 1. The smallest absolute Gasteiger partial charge is 0.233 e. The molecule has 0 saturated heterocycles. The second-order valence-corrected chi connectivity index (χ2v) is 7.88. The van der Waals surface area contributed by atoms with E-state index in [1.54, 1.807) is 11.8 Å². The van der Waals surface area contributed by atoms with Crippen LogP contribution in [0.25, 0.3) is 0 Å². The number of thioether (sulfide) groups is 1. The Morgan fingerprint density at radius 3 is 2.73 bits per heavy atom. The molecule has 8 heteroatoms. The molecule has 1 aliphatic rings. The van der Waals surface area contributed by atoms with E-state index in [1.807, 2.05) is 31.2 Å². The summed E-state index contributed by atoms with van der Waals surface area (Å²) in [5, 5.41) is 15.5. The van der Waals surface area contributed by atoms with Crippen LogP contribution in [0.4, 0.5) is 0 Å². The van der Waals surface area contributed by atoms with Crippen LogP contribution in [0.3, 0.4) is 0 Å². The third-order valence-electron chi connectivity index (χ3n) is 4.59. The Morgan fingerprint density at radius 1 is 1.31 bits per heavy atom. The third-order valence-corrected chi connectivity index (χ3v) is 5.66. The molecule has 1 saturated carbocycles. The highest BCUT2D eigenvalue weighted by Gasteiger charge is 2.22. The molecule has 3 rings (SSSR count). The predicted octanol–water partition coefficient (Wildman–Crippen LogP) is 2.66. The molecule has 0 spiro atoms. The highest BCUT2D eigenvalue weighted by atomic mass is 32.2. The van der Waals surface area contributed by atoms with Crippen molar-refractivity contribution >= 4 is 17.7 Å². The zero-order chi connectivity index (χ0) is 18.4. The van der Waals surface area contributed by atoms with E-state index in [-0.39, 0.29) is 11.2 Å². The Morgan fingerprint density at radius 2 is 2.04 bits per heavy atom. The zero-order valence-corrected chi connectivity index (χ0v) is 16.0. The van der Waals surface area contributed by atoms with Gasteiger partial charge < -0.3 is 10.1 Å². The topological polar surface area (TPSA) is 81.9 Å². The second kappa shape index (κ2) is 9.02. The lowest BCUT2D eigenvalue weighted by molar-refractivity contribution is -0.121. The van der Waals surface area contributed by atoms with Crippen LogP contribution in [0.15, 0.2) is 29.4 Å². The number of methoxy groups -OCH3 is 1. The molecule has 1 N–H and O–H groups in total. The van der Waals surface area contributed by atoms with Crippen LogP contribution in [0.5, 0.6) is 5.75 Å². The van der Waals surface area contributed by atoms with Gasteiger partial charge in [-0.15, -0.1) is 5.10 Å². The number of nitrogens with zero attached hydrogens (tertiary/aromatic N) is 4. The summed E-state index contributed by atoms with van der Waals surface area (Å²) in [5.41, 5.74) is 1.07. The summed E-state index contributed by atoms with van der Waals surface area (Å²) >= 11 is 1.39. The van der Waals surface area contributed by atoms with Gasteiger partial charge in [-0.2, -0.15) is 0 Å². The van der Waals surface area contributed by atoms with Crippen molar-refractivity contribution in [2.45, 2.75) is 62.0 Å². The quantitative estimate of drug-likeness (QED) is 0.749. The summed E-state index contributed by atoms with van der Waals surface area (Å²) in [6.45, 7) is 2.45. The number of carbonyl (C=O) groups excluding carboxylic acids is 1. The Hall–Kier alpha value is -2.09. The number of hydrogen-bond donors (Lipinski definition) is 1. The molecule has 1 aliphatic carbocycles. The Labute approximate surface area is 157 Å². The minimum Gasteiger partial charge on any atom is -0.497 e. The third kappa shape index (κ3) is 4.97. The van der Waals surface area contributed by atoms with Gasteiger partial charge in [0.1, 0.15) is 5.75 Å². The number of carbonyl (C=O) groups is 1. The maximum absolute atomic E-state index is 12.5. The number of tetrazole rings is 1. The van der Waals surface area contributed by atoms with Crippen molar-refractivity contribution in [2.75, 3.05) is 7.11 Å². The largest absolute Gasteiger partial charge is 0.497 e. The van der Waals surface area contributed by atoms with Crippen molar-refractivity contribution < 1.29 is 9.53 Å². The fourth-order valence-electron chi connectivity index (χ4n) is 3.06. The monoisotopic (exact) mass is 375 g/mol. The van der Waals surface area contributed by atoms with Crippen LogP contribution < -0.4 is 10.1 Å². The molecule has 1 aromatic heterocycles. The van der Waals surface area contributed by atoms with E-state index in [0.717, 1.165) is 24.2 Å². The lowest BCUT2D eigenvalue weighted by atomic mass is 9.95. The van der Waals surface area contributed by atoms with Gasteiger partial charge in [-0.25, -0.2) is 4.68 Å². The Kier molecular flexibility index (Phi) is 6.49. The molecule has 0 bridgehead atoms. The molecule has 0 radical (unpaired) electrons. The first-order chi connectivity index (χ1) is 12.7. The number of benzene rings is 1. The van der Waals surface area contributed by atoms with Gasteiger partial charge in [-0.3, -0.25) is 4.79 Å². The lowest BCUT2D eigenvalue weighted by Gasteiger charge is -2.24. The first-order valence-corrected chi connectivity index (χ1v) is 9.90. The van der Waals surface area contributed by atoms with Crippen LogP contribution in [0.1, 0.15) is 44.6 Å². The fraction of sp³-hybridized carbons (Fsp3) is 0.556. The summed E-state index contributed by atoms with van der Waals surface area (Å²) in [6, 6.07) is 8.09. The van der Waals surface area contributed by atoms with Gasteiger partial charge in [0.05, 0.1) is 18.9 Å². The normalized spacial score (nSPS) is 16.2. The molecule has 1 fully saturated rings. The minimum atomic E-state index is -0.238. The van der Waals surface area contributed by atoms with Gasteiger partial charge in [-0.05, 0) is 47.9 Å². The van der Waals surface area contributed by atoms with E-state index < -0.39 is 0 Å². The van der Waals surface area contributed by atoms with E-state index in [4.69, 9.17) is 4.74 Å². The highest BCUT2D eigenvalue weighted by molar-refractivity contribution is 8.00. The molecule has 1 amide bonds. The maximum Gasteiger partial charge on any atom is 0.233 e. The van der Waals surface area contributed by atoms with E-state index >= 15 is 0 Å². The Balaban J connectivity index is 1.57. The Bertz CT molecular complexity index is 713. The summed E-state index contributed by atoms with van der Waals surface area (Å²) in [6.07, 6.45) is 5.84. The molecular formula is C18H25N5O2S. The SMILES string of the molecule is COc1ccc(Cn2nnnc2SC(C)C(=O)NC2CCCCC2)cc1. The van der Waals surface area contributed by atoms with E-state index in [0.29, 0.717) is 17.7 Å². The number of rotatable bonds is 7. The van der Waals surface area contributed by atoms with Gasteiger partial charge in [0.25, 0.3) is 0 Å². The number of ether oxygens (including phenoxy) is 1. The number of hydrogen-bond acceptors (Lipinski definition) is 6. The molecular weight excluding hydrogens is 350 g/mol. The molecule has 1 aromatic carbocycles. The van der Waals surface area contributed by atoms with Crippen molar-refractivity contribution in [1.29, 1.82) is 0 Å². The predicted molar refractivity (Wildman–Crippen MR) is 100 cm³/mol. The summed E-state index contributed by atoms with van der Waals surface area (Å²) < 4.78 is 6.89. The second-order valence-electron chi connectivity index (χ2n) is 6.57. The molecule has 1 atom stereocenters. The molecule has 7 nitrogen and oxygen atoms in total. The average Bonchev–Trinajstić information content (AvgIpc) is 3.09. The van der Waals surface area contributed by atoms with E-state index in [1.165, 1.54) is 31.0 Å². The molecule has 140 valence electrons. The van der Waals surface area contributed by atoms with E-state index in [9.17, 15) is 4.79 Å².